The van der Waals surface area contributed by atoms with Gasteiger partial charge in [0, 0.05) is 23.8 Å². The lowest BCUT2D eigenvalue weighted by Gasteiger charge is -2.11. The monoisotopic (exact) mass is 462 g/mol. The Bertz CT molecular complexity index is 1160. The fourth-order valence-corrected chi connectivity index (χ4v) is 3.15. The fraction of sp³-hybridized carbons (Fsp3) is 0.150. The number of esters is 1. The average Bonchev–Trinajstić information content (AvgIpc) is 3.17. The average molecular weight is 463 g/mol. The van der Waals surface area contributed by atoms with Crippen LogP contribution in [0.4, 0.5) is 11.5 Å². The number of nitro groups is 1. The highest BCUT2D eigenvalue weighted by molar-refractivity contribution is 6.42. The fourth-order valence-electron chi connectivity index (χ4n) is 2.77. The van der Waals surface area contributed by atoms with Gasteiger partial charge in [0.1, 0.15) is 5.82 Å². The van der Waals surface area contributed by atoms with E-state index in [1.54, 1.807) is 31.2 Å². The van der Waals surface area contributed by atoms with Crippen molar-refractivity contribution in [1.82, 2.24) is 9.78 Å². The van der Waals surface area contributed by atoms with Crippen LogP contribution in [0.15, 0.2) is 48.7 Å². The number of rotatable bonds is 7. The number of benzene rings is 2. The molecular weight excluding hydrogens is 447 g/mol. The third-order valence-corrected chi connectivity index (χ3v) is 5.07. The quantitative estimate of drug-likeness (QED) is 0.312. The Morgan fingerprint density at radius 3 is 2.65 bits per heavy atom. The van der Waals surface area contributed by atoms with E-state index >= 15 is 0 Å². The van der Waals surface area contributed by atoms with Gasteiger partial charge in [-0.05, 0) is 24.6 Å². The normalized spacial score (nSPS) is 10.5. The third kappa shape index (κ3) is 5.19. The molecule has 1 amide bonds. The number of nitro benzene ring substituents is 1. The maximum absolute atomic E-state index is 12.8. The number of hydrogen-bond donors (Lipinski definition) is 1. The van der Waals surface area contributed by atoms with Gasteiger partial charge in [-0.2, -0.15) is 5.10 Å². The smallest absolute Gasteiger partial charge is 0.338 e. The minimum absolute atomic E-state index is 0.0780. The Labute approximate surface area is 186 Å². The van der Waals surface area contributed by atoms with E-state index in [0.29, 0.717) is 21.4 Å². The van der Waals surface area contributed by atoms with Gasteiger partial charge in [0.15, 0.2) is 0 Å². The van der Waals surface area contributed by atoms with Crippen LogP contribution >= 0.6 is 23.2 Å². The number of aromatic nitrogens is 2. The first-order valence-corrected chi connectivity index (χ1v) is 9.78. The molecule has 0 saturated carbocycles. The van der Waals surface area contributed by atoms with Crippen LogP contribution in [-0.4, -0.2) is 33.2 Å². The number of non-ortho nitro benzene ring substituents is 1. The highest BCUT2D eigenvalue weighted by Gasteiger charge is 2.20. The van der Waals surface area contributed by atoms with E-state index in [1.165, 1.54) is 16.9 Å². The number of halogens is 2. The zero-order valence-electron chi connectivity index (χ0n) is 16.2. The van der Waals surface area contributed by atoms with Crippen molar-refractivity contribution in [3.8, 4) is 0 Å². The molecule has 1 N–H and O–H groups in total. The number of hydrogen-bond acceptors (Lipinski definition) is 6. The maximum atomic E-state index is 12.8. The van der Waals surface area contributed by atoms with E-state index in [2.05, 4.69) is 10.4 Å². The molecule has 1 heterocycles. The first-order chi connectivity index (χ1) is 14.8. The van der Waals surface area contributed by atoms with Crippen LogP contribution in [0.25, 0.3) is 0 Å². The first kappa shape index (κ1) is 22.3. The van der Waals surface area contributed by atoms with Crippen LogP contribution in [0.5, 0.6) is 0 Å². The van der Waals surface area contributed by atoms with E-state index in [4.69, 9.17) is 27.9 Å². The van der Waals surface area contributed by atoms with E-state index < -0.39 is 22.5 Å². The van der Waals surface area contributed by atoms with Gasteiger partial charge in [-0.3, -0.25) is 14.9 Å². The topological polar surface area (TPSA) is 116 Å². The second-order valence-electron chi connectivity index (χ2n) is 6.29. The highest BCUT2D eigenvalue weighted by atomic mass is 35.5. The van der Waals surface area contributed by atoms with Crippen molar-refractivity contribution in [2.24, 2.45) is 0 Å². The molecule has 1 aromatic heterocycles. The van der Waals surface area contributed by atoms with Crippen LogP contribution in [0, 0.1) is 10.1 Å². The second-order valence-corrected chi connectivity index (χ2v) is 7.07. The van der Waals surface area contributed by atoms with Crippen molar-refractivity contribution in [3.05, 3.63) is 85.5 Å². The standard InChI is InChI=1S/C20H16Cl2N4O5/c1-2-31-20(28)14-8-13(9-15(10-14)26(29)30)19(27)24-17-6-7-23-25(17)11-12-4-3-5-16(21)18(12)22/h3-10H,2,11H2,1H3,(H,24,27). The maximum Gasteiger partial charge on any atom is 0.338 e. The van der Waals surface area contributed by atoms with Crippen molar-refractivity contribution in [2.75, 3.05) is 11.9 Å². The molecular formula is C20H16Cl2N4O5. The summed E-state index contributed by atoms with van der Waals surface area (Å²) in [5.41, 5.74) is 0.106. The first-order valence-electron chi connectivity index (χ1n) is 9.02. The number of carbonyl (C=O) groups excluding carboxylic acids is 2. The molecule has 160 valence electrons. The van der Waals surface area contributed by atoms with Crippen LogP contribution in [0.3, 0.4) is 0 Å². The van der Waals surface area contributed by atoms with Gasteiger partial charge in [0.25, 0.3) is 11.6 Å². The SMILES string of the molecule is CCOC(=O)c1cc(C(=O)Nc2ccnn2Cc2cccc(Cl)c2Cl)cc([N+](=O)[O-])c1. The lowest BCUT2D eigenvalue weighted by molar-refractivity contribution is -0.384. The van der Waals surface area contributed by atoms with Gasteiger partial charge in [0.05, 0.1) is 39.9 Å². The van der Waals surface area contributed by atoms with Gasteiger partial charge in [0.2, 0.25) is 0 Å². The van der Waals surface area contributed by atoms with Gasteiger partial charge < -0.3 is 10.1 Å². The van der Waals surface area contributed by atoms with Crippen LogP contribution in [0.1, 0.15) is 33.2 Å². The lowest BCUT2D eigenvalue weighted by Crippen LogP contribution is -2.17. The van der Waals surface area contributed by atoms with E-state index in [9.17, 15) is 19.7 Å². The van der Waals surface area contributed by atoms with E-state index in [0.717, 1.165) is 12.1 Å². The molecule has 0 aliphatic carbocycles. The zero-order valence-corrected chi connectivity index (χ0v) is 17.7. The largest absolute Gasteiger partial charge is 0.462 e. The van der Waals surface area contributed by atoms with Crippen molar-refractivity contribution in [2.45, 2.75) is 13.5 Å². The number of amides is 1. The summed E-state index contributed by atoms with van der Waals surface area (Å²) < 4.78 is 6.36. The molecule has 0 aliphatic heterocycles. The van der Waals surface area contributed by atoms with Crippen LogP contribution in [-0.2, 0) is 11.3 Å². The minimum Gasteiger partial charge on any atom is -0.462 e. The van der Waals surface area contributed by atoms with Crippen LogP contribution < -0.4 is 5.32 Å². The second kappa shape index (κ2) is 9.59. The summed E-state index contributed by atoms with van der Waals surface area (Å²) in [4.78, 5) is 35.3. The van der Waals surface area contributed by atoms with Gasteiger partial charge in [-0.25, -0.2) is 9.48 Å². The zero-order chi connectivity index (χ0) is 22.5. The molecule has 11 heteroatoms. The molecule has 0 atom stereocenters. The van der Waals surface area contributed by atoms with Gasteiger partial charge in [-0.1, -0.05) is 35.3 Å². The Hall–Kier alpha value is -3.43. The molecule has 0 aliphatic rings. The molecule has 0 saturated heterocycles. The van der Waals surface area contributed by atoms with E-state index in [1.807, 2.05) is 0 Å². The van der Waals surface area contributed by atoms with Crippen molar-refractivity contribution < 1.29 is 19.2 Å². The van der Waals surface area contributed by atoms with Crippen molar-refractivity contribution in [3.63, 3.8) is 0 Å². The van der Waals surface area contributed by atoms with Crippen molar-refractivity contribution >= 4 is 46.6 Å². The molecule has 0 bridgehead atoms. The summed E-state index contributed by atoms with van der Waals surface area (Å²) in [6.45, 7) is 1.93. The molecule has 0 unspecified atom stereocenters. The predicted octanol–water partition coefficient (Wildman–Crippen LogP) is 4.58. The van der Waals surface area contributed by atoms with Crippen LogP contribution in [0.2, 0.25) is 10.0 Å². The summed E-state index contributed by atoms with van der Waals surface area (Å²) in [6.07, 6.45) is 1.48. The number of nitrogens with zero attached hydrogens (tertiary/aromatic N) is 3. The molecule has 9 nitrogen and oxygen atoms in total. The molecule has 0 fully saturated rings. The molecule has 31 heavy (non-hydrogen) atoms. The summed E-state index contributed by atoms with van der Waals surface area (Å²) >= 11 is 12.3. The van der Waals surface area contributed by atoms with Crippen molar-refractivity contribution in [1.29, 1.82) is 0 Å². The summed E-state index contributed by atoms with van der Waals surface area (Å²) in [5.74, 6) is -1.10. The number of nitrogens with one attached hydrogen (secondary N) is 1. The Morgan fingerprint density at radius 2 is 1.94 bits per heavy atom. The summed E-state index contributed by atoms with van der Waals surface area (Å²) in [7, 11) is 0. The van der Waals surface area contributed by atoms with Gasteiger partial charge in [-0.15, -0.1) is 0 Å². The molecule has 2 aromatic carbocycles. The number of carbonyl (C=O) groups is 2. The molecule has 0 radical (unpaired) electrons. The Morgan fingerprint density at radius 1 is 1.19 bits per heavy atom. The Balaban J connectivity index is 1.87. The Kier molecular flexibility index (Phi) is 6.88. The van der Waals surface area contributed by atoms with E-state index in [-0.39, 0.29) is 24.3 Å². The summed E-state index contributed by atoms with van der Waals surface area (Å²) in [5, 5.41) is 18.8. The number of ether oxygens (including phenoxy) is 1. The predicted molar refractivity (Wildman–Crippen MR) is 115 cm³/mol. The highest BCUT2D eigenvalue weighted by Crippen LogP contribution is 2.27. The number of anilines is 1. The summed E-state index contributed by atoms with van der Waals surface area (Å²) in [6, 6.07) is 10.1. The minimum atomic E-state index is -0.763. The molecule has 3 aromatic rings. The third-order valence-electron chi connectivity index (χ3n) is 4.21. The molecule has 0 spiro atoms. The lowest BCUT2D eigenvalue weighted by atomic mass is 10.1. The molecule has 3 rings (SSSR count). The van der Waals surface area contributed by atoms with Gasteiger partial charge >= 0.3 is 5.97 Å².